The quantitative estimate of drug-likeness (QED) is 0.520. The molecule has 0 amide bonds. The van der Waals surface area contributed by atoms with Gasteiger partial charge in [0.25, 0.3) is 0 Å². The van der Waals surface area contributed by atoms with Crippen LogP contribution in [0.25, 0.3) is 0 Å². The Morgan fingerprint density at radius 1 is 0.933 bits per heavy atom. The summed E-state index contributed by atoms with van der Waals surface area (Å²) in [7, 11) is 0. The van der Waals surface area contributed by atoms with Gasteiger partial charge in [0.1, 0.15) is 17.8 Å². The molecular weight excluding hydrogens is 380 g/mol. The summed E-state index contributed by atoms with van der Waals surface area (Å²) in [5.41, 5.74) is -1.54. The van der Waals surface area contributed by atoms with E-state index in [0.717, 1.165) is 64.2 Å². The molecule has 5 rings (SSSR count). The standard InChI is InChI=1S/C25H40O5/c1-5-22(2,3)21(27)30-25-14-18-11-19(15-25)13-24(12-18,17-25)28-16-20(26)29-23(4)9-7-6-8-10-23/h18-19H,5-17H2,1-4H3. The van der Waals surface area contributed by atoms with Crippen molar-refractivity contribution in [1.29, 1.82) is 0 Å². The van der Waals surface area contributed by atoms with E-state index in [1.807, 2.05) is 20.8 Å². The first-order chi connectivity index (χ1) is 14.1. The van der Waals surface area contributed by atoms with Crippen molar-refractivity contribution in [3.05, 3.63) is 0 Å². The molecule has 2 unspecified atom stereocenters. The van der Waals surface area contributed by atoms with Crippen molar-refractivity contribution in [2.24, 2.45) is 17.3 Å². The fourth-order valence-corrected chi connectivity index (χ4v) is 6.78. The average molecular weight is 421 g/mol. The SMILES string of the molecule is CCC(C)(C)C(=O)OC12CC3CC(CC(OCC(=O)OC4(C)CCCCC4)(C3)C1)C2. The second-order valence-electron chi connectivity index (χ2n) is 11.7. The van der Waals surface area contributed by atoms with Gasteiger partial charge in [0.2, 0.25) is 0 Å². The van der Waals surface area contributed by atoms with E-state index in [2.05, 4.69) is 6.92 Å². The third-order valence-electron chi connectivity index (χ3n) is 8.47. The maximum atomic E-state index is 12.9. The monoisotopic (exact) mass is 420 g/mol. The van der Waals surface area contributed by atoms with Crippen LogP contribution >= 0.6 is 0 Å². The van der Waals surface area contributed by atoms with Crippen LogP contribution in [-0.2, 0) is 23.8 Å². The molecule has 0 radical (unpaired) electrons. The highest BCUT2D eigenvalue weighted by Crippen LogP contribution is 2.60. The third kappa shape index (κ3) is 4.42. The average Bonchev–Trinajstić information content (AvgIpc) is 2.65. The summed E-state index contributed by atoms with van der Waals surface area (Å²) in [6.07, 6.45) is 11.9. The van der Waals surface area contributed by atoms with Gasteiger partial charge in [-0.1, -0.05) is 13.3 Å². The lowest BCUT2D eigenvalue weighted by Crippen LogP contribution is -2.62. The van der Waals surface area contributed by atoms with Gasteiger partial charge in [-0.3, -0.25) is 4.79 Å². The molecule has 0 N–H and O–H groups in total. The molecule has 5 aliphatic rings. The molecule has 0 spiro atoms. The van der Waals surface area contributed by atoms with Crippen LogP contribution < -0.4 is 0 Å². The molecule has 5 aliphatic carbocycles. The minimum absolute atomic E-state index is 0.0134. The molecule has 0 aromatic rings. The maximum Gasteiger partial charge on any atom is 0.332 e. The molecule has 0 heterocycles. The Hall–Kier alpha value is -1.10. The van der Waals surface area contributed by atoms with E-state index in [-0.39, 0.29) is 29.7 Å². The molecule has 0 aromatic heterocycles. The van der Waals surface area contributed by atoms with E-state index < -0.39 is 11.0 Å². The molecule has 5 nitrogen and oxygen atoms in total. The Kier molecular flexibility index (Phi) is 5.74. The molecule has 30 heavy (non-hydrogen) atoms. The van der Waals surface area contributed by atoms with Crippen LogP contribution in [0.1, 0.15) is 105 Å². The fraction of sp³-hybridized carbons (Fsp3) is 0.920. The van der Waals surface area contributed by atoms with Crippen LogP contribution in [-0.4, -0.2) is 35.3 Å². The van der Waals surface area contributed by atoms with Crippen molar-refractivity contribution in [1.82, 2.24) is 0 Å². The Bertz CT molecular complexity index is 661. The summed E-state index contributed by atoms with van der Waals surface area (Å²) in [6.45, 7) is 8.02. The molecule has 170 valence electrons. The highest BCUT2D eigenvalue weighted by atomic mass is 16.6. The number of hydrogen-bond donors (Lipinski definition) is 0. The number of carbonyl (C=O) groups is 2. The summed E-state index contributed by atoms with van der Waals surface area (Å²) in [5.74, 6) is 0.714. The second kappa shape index (κ2) is 7.79. The zero-order chi connectivity index (χ0) is 21.6. The first-order valence-corrected chi connectivity index (χ1v) is 12.2. The Labute approximate surface area is 181 Å². The van der Waals surface area contributed by atoms with E-state index in [1.165, 1.54) is 12.8 Å². The molecule has 4 bridgehead atoms. The summed E-state index contributed by atoms with van der Waals surface area (Å²) >= 11 is 0. The smallest absolute Gasteiger partial charge is 0.332 e. The van der Waals surface area contributed by atoms with Gasteiger partial charge in [-0.2, -0.15) is 0 Å². The van der Waals surface area contributed by atoms with Crippen molar-refractivity contribution < 1.29 is 23.8 Å². The zero-order valence-corrected chi connectivity index (χ0v) is 19.4. The van der Waals surface area contributed by atoms with Crippen LogP contribution in [0.3, 0.4) is 0 Å². The molecule has 5 heteroatoms. The van der Waals surface area contributed by atoms with E-state index in [4.69, 9.17) is 14.2 Å². The number of hydrogen-bond acceptors (Lipinski definition) is 5. The predicted octanol–water partition coefficient (Wildman–Crippen LogP) is 5.34. The van der Waals surface area contributed by atoms with E-state index >= 15 is 0 Å². The molecule has 0 aromatic carbocycles. The Morgan fingerprint density at radius 3 is 2.13 bits per heavy atom. The van der Waals surface area contributed by atoms with Crippen molar-refractivity contribution in [2.75, 3.05) is 6.61 Å². The van der Waals surface area contributed by atoms with Crippen LogP contribution in [0.5, 0.6) is 0 Å². The van der Waals surface area contributed by atoms with Crippen molar-refractivity contribution in [3.63, 3.8) is 0 Å². The topological polar surface area (TPSA) is 61.8 Å². The summed E-state index contributed by atoms with van der Waals surface area (Å²) in [5, 5.41) is 0. The lowest BCUT2D eigenvalue weighted by Gasteiger charge is -2.60. The fourth-order valence-electron chi connectivity index (χ4n) is 6.78. The Morgan fingerprint density at radius 2 is 1.53 bits per heavy atom. The lowest BCUT2D eigenvalue weighted by molar-refractivity contribution is -0.241. The van der Waals surface area contributed by atoms with E-state index in [1.54, 1.807) is 0 Å². The second-order valence-corrected chi connectivity index (χ2v) is 11.7. The molecule has 5 fully saturated rings. The van der Waals surface area contributed by atoms with Gasteiger partial charge < -0.3 is 14.2 Å². The third-order valence-corrected chi connectivity index (χ3v) is 8.47. The largest absolute Gasteiger partial charge is 0.459 e. The van der Waals surface area contributed by atoms with Crippen LogP contribution in [0, 0.1) is 17.3 Å². The zero-order valence-electron chi connectivity index (χ0n) is 19.4. The van der Waals surface area contributed by atoms with Crippen LogP contribution in [0.2, 0.25) is 0 Å². The first kappa shape index (κ1) is 22.1. The molecule has 0 aliphatic heterocycles. The van der Waals surface area contributed by atoms with Crippen LogP contribution in [0.4, 0.5) is 0 Å². The Balaban J connectivity index is 1.40. The van der Waals surface area contributed by atoms with Gasteiger partial charge in [0.05, 0.1) is 11.0 Å². The van der Waals surface area contributed by atoms with Gasteiger partial charge in [0.15, 0.2) is 0 Å². The number of ether oxygens (including phenoxy) is 3. The highest BCUT2D eigenvalue weighted by Gasteiger charge is 2.61. The first-order valence-electron chi connectivity index (χ1n) is 12.2. The predicted molar refractivity (Wildman–Crippen MR) is 114 cm³/mol. The van der Waals surface area contributed by atoms with Crippen molar-refractivity contribution >= 4 is 11.9 Å². The summed E-state index contributed by atoms with van der Waals surface area (Å²) in [4.78, 5) is 25.5. The normalized spacial score (nSPS) is 37.1. The summed E-state index contributed by atoms with van der Waals surface area (Å²) < 4.78 is 18.4. The minimum Gasteiger partial charge on any atom is -0.459 e. The lowest BCUT2D eigenvalue weighted by atomic mass is 9.52. The maximum absolute atomic E-state index is 12.9. The van der Waals surface area contributed by atoms with Gasteiger partial charge in [0, 0.05) is 6.42 Å². The van der Waals surface area contributed by atoms with Crippen molar-refractivity contribution in [2.45, 2.75) is 122 Å². The molecular formula is C25H40O5. The molecule has 2 atom stereocenters. The van der Waals surface area contributed by atoms with E-state index in [9.17, 15) is 9.59 Å². The highest BCUT2D eigenvalue weighted by molar-refractivity contribution is 5.76. The van der Waals surface area contributed by atoms with Crippen LogP contribution in [0.15, 0.2) is 0 Å². The number of rotatable bonds is 7. The van der Waals surface area contributed by atoms with Crippen molar-refractivity contribution in [3.8, 4) is 0 Å². The summed E-state index contributed by atoms with van der Waals surface area (Å²) in [6, 6.07) is 0. The molecule has 5 saturated carbocycles. The van der Waals surface area contributed by atoms with Gasteiger partial charge >= 0.3 is 11.9 Å². The van der Waals surface area contributed by atoms with Gasteiger partial charge in [-0.05, 0) is 96.8 Å². The van der Waals surface area contributed by atoms with Gasteiger partial charge in [-0.25, -0.2) is 4.79 Å². The number of esters is 2. The van der Waals surface area contributed by atoms with Gasteiger partial charge in [-0.15, -0.1) is 0 Å². The van der Waals surface area contributed by atoms with E-state index in [0.29, 0.717) is 11.8 Å². The molecule has 0 saturated heterocycles. The minimum atomic E-state index is -0.462. The number of carbonyl (C=O) groups excluding carboxylic acids is 2.